The van der Waals surface area contributed by atoms with Gasteiger partial charge in [0.15, 0.2) is 0 Å². The van der Waals surface area contributed by atoms with Gasteiger partial charge in [0.1, 0.15) is 11.8 Å². The molecule has 47 heavy (non-hydrogen) atoms. The van der Waals surface area contributed by atoms with Crippen LogP contribution in [-0.2, 0) is 14.4 Å². The number of anilines is 2. The zero-order valence-electron chi connectivity index (χ0n) is 27.6. The third-order valence-electron chi connectivity index (χ3n) is 9.64. The van der Waals surface area contributed by atoms with E-state index in [1.54, 1.807) is 38.6 Å². The molecule has 0 radical (unpaired) electrons. The molecule has 0 aromatic heterocycles. The largest absolute Gasteiger partial charge is 0.494 e. The lowest BCUT2D eigenvalue weighted by atomic mass is 9.70. The number of aliphatic hydroxyl groups excluding tert-OH is 1. The summed E-state index contributed by atoms with van der Waals surface area (Å²) in [6.45, 7) is 15.4. The zero-order chi connectivity index (χ0) is 33.9. The number of benzene rings is 2. The van der Waals surface area contributed by atoms with Gasteiger partial charge in [-0.2, -0.15) is 0 Å². The molecule has 6 atom stereocenters. The van der Waals surface area contributed by atoms with Crippen LogP contribution in [0.4, 0.5) is 11.4 Å². The number of hydrogen-bond donors (Lipinski definition) is 1. The van der Waals surface area contributed by atoms with Crippen molar-refractivity contribution in [3.8, 4) is 5.75 Å². The van der Waals surface area contributed by atoms with Crippen LogP contribution < -0.4 is 14.5 Å². The highest BCUT2D eigenvalue weighted by Gasteiger charge is 2.76. The quantitative estimate of drug-likeness (QED) is 0.136. The molecular formula is C37H46BrN3O5S. The molecule has 1 N–H and O–H groups in total. The molecule has 252 valence electrons. The molecule has 3 unspecified atom stereocenters. The summed E-state index contributed by atoms with van der Waals surface area (Å²) in [5, 5.41) is 9.24. The second-order valence-electron chi connectivity index (χ2n) is 12.7. The van der Waals surface area contributed by atoms with Crippen LogP contribution in [0.25, 0.3) is 0 Å². The average Bonchev–Trinajstić information content (AvgIpc) is 3.65. The Bertz CT molecular complexity index is 1500. The van der Waals surface area contributed by atoms with Gasteiger partial charge < -0.3 is 24.5 Å². The van der Waals surface area contributed by atoms with E-state index in [4.69, 9.17) is 4.74 Å². The van der Waals surface area contributed by atoms with Gasteiger partial charge in [0.25, 0.3) is 5.91 Å². The van der Waals surface area contributed by atoms with Crippen LogP contribution in [0.5, 0.6) is 5.75 Å². The second kappa shape index (κ2) is 15.0. The predicted octanol–water partition coefficient (Wildman–Crippen LogP) is 6.07. The molecule has 1 spiro atoms. The number of aryl methyl sites for hydroxylation is 2. The summed E-state index contributed by atoms with van der Waals surface area (Å²) in [6.07, 6.45) is 6.04. The van der Waals surface area contributed by atoms with Crippen LogP contribution in [0.3, 0.4) is 0 Å². The van der Waals surface area contributed by atoms with E-state index >= 15 is 0 Å². The fourth-order valence-electron chi connectivity index (χ4n) is 7.62. The van der Waals surface area contributed by atoms with Gasteiger partial charge in [-0.15, -0.1) is 24.9 Å². The first-order valence-corrected chi connectivity index (χ1v) is 18.3. The molecule has 3 aliphatic heterocycles. The Morgan fingerprint density at radius 3 is 2.43 bits per heavy atom. The highest BCUT2D eigenvalue weighted by atomic mass is 79.9. The van der Waals surface area contributed by atoms with Gasteiger partial charge in [0, 0.05) is 47.7 Å². The maximum absolute atomic E-state index is 15.0. The van der Waals surface area contributed by atoms with Crippen molar-refractivity contribution < 1.29 is 24.2 Å². The van der Waals surface area contributed by atoms with Gasteiger partial charge >= 0.3 is 0 Å². The number of amides is 3. The minimum absolute atomic E-state index is 0.0467. The number of aliphatic hydroxyl groups is 1. The summed E-state index contributed by atoms with van der Waals surface area (Å²) in [7, 11) is 0. The van der Waals surface area contributed by atoms with E-state index in [1.807, 2.05) is 63.2 Å². The van der Waals surface area contributed by atoms with Crippen molar-refractivity contribution in [3.05, 3.63) is 78.9 Å². The number of thioether (sulfide) groups is 1. The van der Waals surface area contributed by atoms with Crippen LogP contribution in [0, 0.1) is 25.7 Å². The molecule has 3 fully saturated rings. The molecule has 0 aliphatic carbocycles. The molecule has 0 saturated carbocycles. The lowest BCUT2D eigenvalue weighted by Crippen LogP contribution is -2.56. The lowest BCUT2D eigenvalue weighted by Gasteiger charge is -2.38. The molecule has 3 aliphatic rings. The first-order valence-electron chi connectivity index (χ1n) is 16.5. The molecule has 3 amide bonds. The Hall–Kier alpha value is -3.08. The maximum Gasteiger partial charge on any atom is 0.251 e. The maximum atomic E-state index is 15.0. The topological polar surface area (TPSA) is 90.4 Å². The Morgan fingerprint density at radius 1 is 1.06 bits per heavy atom. The van der Waals surface area contributed by atoms with Crippen LogP contribution >= 0.6 is 27.7 Å². The number of rotatable bonds is 15. The van der Waals surface area contributed by atoms with E-state index in [0.717, 1.165) is 23.2 Å². The predicted molar refractivity (Wildman–Crippen MR) is 193 cm³/mol. The van der Waals surface area contributed by atoms with Crippen LogP contribution in [0.2, 0.25) is 0 Å². The summed E-state index contributed by atoms with van der Waals surface area (Å²) in [6, 6.07) is 12.7. The van der Waals surface area contributed by atoms with E-state index in [-0.39, 0.29) is 41.0 Å². The van der Waals surface area contributed by atoms with Gasteiger partial charge in [0.2, 0.25) is 11.8 Å². The standard InChI is InChI=1S/C37H46BrN3O5S/c1-6-18-39(26-14-16-27(17-15-26)46-8-3)34(43)30-31-35(44)41(20-10-9-11-21-42)33(37(31)23-28(38)32(30)47-37)36(45)40(19-7-2)29-22-24(4)12-13-25(29)5/h6-7,12-17,22,28,30-33,42H,1-2,8-11,18-21,23H2,3-5H3/t28?,30-,31-,32-,33?,37?/m0/s1. The Labute approximate surface area is 291 Å². The Balaban J connectivity index is 1.56. The van der Waals surface area contributed by atoms with Gasteiger partial charge in [-0.25, -0.2) is 0 Å². The summed E-state index contributed by atoms with van der Waals surface area (Å²) in [4.78, 5) is 49.6. The fraction of sp³-hybridized carbons (Fsp3) is 0.486. The molecule has 3 saturated heterocycles. The lowest BCUT2D eigenvalue weighted by molar-refractivity contribution is -0.139. The first-order chi connectivity index (χ1) is 22.6. The number of nitrogens with zero attached hydrogens (tertiary/aromatic N) is 3. The Kier molecular flexibility index (Phi) is 11.2. The van der Waals surface area contributed by atoms with Crippen molar-refractivity contribution in [2.75, 3.05) is 42.6 Å². The molecule has 2 aromatic carbocycles. The highest BCUT2D eigenvalue weighted by molar-refractivity contribution is 9.09. The minimum Gasteiger partial charge on any atom is -0.494 e. The zero-order valence-corrected chi connectivity index (χ0v) is 30.0. The molecule has 3 heterocycles. The third-order valence-corrected chi connectivity index (χ3v) is 12.9. The van der Waals surface area contributed by atoms with E-state index in [0.29, 0.717) is 50.4 Å². The van der Waals surface area contributed by atoms with Crippen molar-refractivity contribution in [3.63, 3.8) is 0 Å². The van der Waals surface area contributed by atoms with Crippen molar-refractivity contribution in [1.82, 2.24) is 4.90 Å². The third kappa shape index (κ3) is 6.53. The van der Waals surface area contributed by atoms with Gasteiger partial charge in [-0.1, -0.05) is 40.2 Å². The monoisotopic (exact) mass is 723 g/mol. The Morgan fingerprint density at radius 2 is 1.77 bits per heavy atom. The van der Waals surface area contributed by atoms with Crippen molar-refractivity contribution >= 4 is 56.8 Å². The molecular weight excluding hydrogens is 678 g/mol. The number of fused-ring (bicyclic) bond motifs is 1. The van der Waals surface area contributed by atoms with E-state index in [1.165, 1.54) is 0 Å². The van der Waals surface area contributed by atoms with Gasteiger partial charge in [0.05, 0.1) is 23.2 Å². The van der Waals surface area contributed by atoms with E-state index in [2.05, 4.69) is 29.1 Å². The van der Waals surface area contributed by atoms with Crippen molar-refractivity contribution in [1.29, 1.82) is 0 Å². The summed E-state index contributed by atoms with van der Waals surface area (Å²) in [5.74, 6) is -0.971. The average molecular weight is 725 g/mol. The second-order valence-corrected chi connectivity index (χ2v) is 15.4. The van der Waals surface area contributed by atoms with Crippen LogP contribution in [0.1, 0.15) is 43.7 Å². The van der Waals surface area contributed by atoms with Crippen LogP contribution in [0.15, 0.2) is 67.8 Å². The number of unbranched alkanes of at least 4 members (excludes halogenated alkanes) is 2. The number of carbonyl (C=O) groups is 3. The number of alkyl halides is 1. The van der Waals surface area contributed by atoms with Crippen LogP contribution in [-0.4, -0.2) is 81.4 Å². The van der Waals surface area contributed by atoms with E-state index in [9.17, 15) is 19.5 Å². The summed E-state index contributed by atoms with van der Waals surface area (Å²) >= 11 is 5.55. The summed E-state index contributed by atoms with van der Waals surface area (Å²) < 4.78 is 4.84. The molecule has 5 rings (SSSR count). The van der Waals surface area contributed by atoms with Gasteiger partial charge in [-0.3, -0.25) is 14.4 Å². The number of hydrogen-bond acceptors (Lipinski definition) is 6. The van der Waals surface area contributed by atoms with Crippen molar-refractivity contribution in [2.24, 2.45) is 11.8 Å². The van der Waals surface area contributed by atoms with Crippen molar-refractivity contribution in [2.45, 2.75) is 67.3 Å². The van der Waals surface area contributed by atoms with E-state index < -0.39 is 22.6 Å². The molecule has 2 bridgehead atoms. The minimum atomic E-state index is -0.778. The normalized spacial score (nSPS) is 25.9. The van der Waals surface area contributed by atoms with Gasteiger partial charge in [-0.05, 0) is 87.9 Å². The number of likely N-dealkylation sites (tertiary alicyclic amines) is 1. The smallest absolute Gasteiger partial charge is 0.251 e. The summed E-state index contributed by atoms with van der Waals surface area (Å²) in [5.41, 5.74) is 3.50. The molecule has 8 nitrogen and oxygen atoms in total. The molecule has 2 aromatic rings. The molecule has 10 heteroatoms. The number of carbonyl (C=O) groups excluding carboxylic acids is 3. The first kappa shape index (κ1) is 35.2. The highest BCUT2D eigenvalue weighted by Crippen LogP contribution is 2.68. The fourth-order valence-corrected chi connectivity index (χ4v) is 11.2. The number of ether oxygens (including phenoxy) is 1. The number of halogens is 1. The SMILES string of the molecule is C=CCN(C(=O)[C@H]1[C@H]2C(=O)N(CCCCCO)C(C(=O)N(CC=C)c3cc(C)ccc3C)C23CC(Br)[C@@H]1S3)c1ccc(OCC)cc1.